The maximum Gasteiger partial charge on any atom is 0.264 e. The fourth-order valence-electron chi connectivity index (χ4n) is 3.94. The van der Waals surface area contributed by atoms with Crippen molar-refractivity contribution in [2.45, 2.75) is 43.6 Å². The van der Waals surface area contributed by atoms with Crippen molar-refractivity contribution in [2.24, 2.45) is 0 Å². The van der Waals surface area contributed by atoms with Crippen molar-refractivity contribution in [1.82, 2.24) is 0 Å². The first kappa shape index (κ1) is 24.1. The van der Waals surface area contributed by atoms with E-state index in [1.165, 1.54) is 25.0 Å². The smallest absolute Gasteiger partial charge is 0.264 e. The quantitative estimate of drug-likeness (QED) is 0.425. The Morgan fingerprint density at radius 1 is 1.00 bits per heavy atom. The molecule has 8 heteroatoms. The van der Waals surface area contributed by atoms with Crippen molar-refractivity contribution in [3.05, 3.63) is 83.4 Å². The third-order valence-electron chi connectivity index (χ3n) is 5.76. The molecule has 0 unspecified atom stereocenters. The van der Waals surface area contributed by atoms with E-state index in [1.54, 1.807) is 48.5 Å². The molecule has 1 aliphatic carbocycles. The van der Waals surface area contributed by atoms with Gasteiger partial charge in [0, 0.05) is 5.69 Å². The number of benzene rings is 3. The second-order valence-corrected chi connectivity index (χ2v) is 10.6. The Morgan fingerprint density at radius 3 is 2.29 bits per heavy atom. The van der Waals surface area contributed by atoms with Crippen LogP contribution in [0.5, 0.6) is 5.75 Å². The molecule has 0 aromatic heterocycles. The molecule has 6 nitrogen and oxygen atoms in total. The maximum absolute atomic E-state index is 13.5. The van der Waals surface area contributed by atoms with Crippen LogP contribution in [0.15, 0.2) is 77.7 Å². The number of amides is 1. The van der Waals surface area contributed by atoms with Gasteiger partial charge < -0.3 is 10.1 Å². The Hall–Kier alpha value is -3.03. The molecule has 0 atom stereocenters. The fourth-order valence-corrected chi connectivity index (χ4v) is 5.67. The molecule has 0 aliphatic heterocycles. The first-order chi connectivity index (χ1) is 16.3. The summed E-state index contributed by atoms with van der Waals surface area (Å²) in [7, 11) is -4.03. The number of rotatable bonds is 8. The molecule has 178 valence electrons. The minimum absolute atomic E-state index is 0.0826. The summed E-state index contributed by atoms with van der Waals surface area (Å²) in [4.78, 5) is 13.0. The first-order valence-electron chi connectivity index (χ1n) is 11.2. The summed E-state index contributed by atoms with van der Waals surface area (Å²) in [5.74, 6) is 0.268. The summed E-state index contributed by atoms with van der Waals surface area (Å²) in [6, 6.07) is 20.1. The van der Waals surface area contributed by atoms with Crippen LogP contribution in [0.3, 0.4) is 0 Å². The molecule has 1 saturated carbocycles. The van der Waals surface area contributed by atoms with E-state index in [4.69, 9.17) is 16.3 Å². The van der Waals surface area contributed by atoms with Gasteiger partial charge in [0.2, 0.25) is 5.91 Å². The summed E-state index contributed by atoms with van der Waals surface area (Å²) in [5.41, 5.74) is 1.72. The minimum atomic E-state index is -4.03. The van der Waals surface area contributed by atoms with Gasteiger partial charge in [-0.15, -0.1) is 0 Å². The lowest BCUT2D eigenvalue weighted by atomic mass is 10.2. The molecule has 3 aromatic carbocycles. The van der Waals surface area contributed by atoms with Crippen LogP contribution < -0.4 is 14.4 Å². The summed E-state index contributed by atoms with van der Waals surface area (Å²) in [6.07, 6.45) is 4.74. The predicted molar refractivity (Wildman–Crippen MR) is 135 cm³/mol. The standard InChI is InChI=1S/C26H27ClN2O4S/c1-19-10-16-23(17-11-19)34(31,32)29(25-9-5-4-8-24(25)27)18-26(30)28-20-12-14-22(15-13-20)33-21-6-2-3-7-21/h4-5,8-17,21H,2-3,6-7,18H2,1H3,(H,28,30). The van der Waals surface area contributed by atoms with E-state index in [-0.39, 0.29) is 21.7 Å². The molecule has 34 heavy (non-hydrogen) atoms. The monoisotopic (exact) mass is 498 g/mol. The van der Waals surface area contributed by atoms with Gasteiger partial charge in [-0.05, 0) is 81.1 Å². The van der Waals surface area contributed by atoms with Gasteiger partial charge in [-0.3, -0.25) is 9.10 Å². The number of carbonyl (C=O) groups excluding carboxylic acids is 1. The maximum atomic E-state index is 13.5. The normalized spacial score (nSPS) is 14.1. The topological polar surface area (TPSA) is 75.7 Å². The van der Waals surface area contributed by atoms with Crippen LogP contribution in [0.25, 0.3) is 0 Å². The second-order valence-electron chi connectivity index (χ2n) is 8.37. The van der Waals surface area contributed by atoms with Gasteiger partial charge in [0.25, 0.3) is 10.0 Å². The highest BCUT2D eigenvalue weighted by molar-refractivity contribution is 7.92. The minimum Gasteiger partial charge on any atom is -0.490 e. The number of aryl methyl sites for hydroxylation is 1. The molecule has 0 saturated heterocycles. The molecular formula is C26H27ClN2O4S. The summed E-state index contributed by atoms with van der Waals surface area (Å²) in [6.45, 7) is 1.44. The number of para-hydroxylation sites is 1. The van der Waals surface area contributed by atoms with Crippen LogP contribution >= 0.6 is 11.6 Å². The van der Waals surface area contributed by atoms with Gasteiger partial charge in [-0.25, -0.2) is 8.42 Å². The number of hydrogen-bond acceptors (Lipinski definition) is 4. The number of carbonyl (C=O) groups is 1. The van der Waals surface area contributed by atoms with Gasteiger partial charge in [0.15, 0.2) is 0 Å². The van der Waals surface area contributed by atoms with Crippen molar-refractivity contribution >= 4 is 38.9 Å². The summed E-state index contributed by atoms with van der Waals surface area (Å²) in [5, 5.41) is 3.01. The lowest BCUT2D eigenvalue weighted by Crippen LogP contribution is -2.38. The third-order valence-corrected chi connectivity index (χ3v) is 7.85. The Kier molecular flexibility index (Phi) is 7.44. The number of ether oxygens (including phenoxy) is 1. The zero-order valence-corrected chi connectivity index (χ0v) is 20.5. The molecule has 0 radical (unpaired) electrons. The average molecular weight is 499 g/mol. The van der Waals surface area contributed by atoms with E-state index in [9.17, 15) is 13.2 Å². The van der Waals surface area contributed by atoms with E-state index in [1.807, 2.05) is 19.1 Å². The van der Waals surface area contributed by atoms with Crippen molar-refractivity contribution in [1.29, 1.82) is 0 Å². The second kappa shape index (κ2) is 10.5. The SMILES string of the molecule is Cc1ccc(S(=O)(=O)N(CC(=O)Nc2ccc(OC3CCCC3)cc2)c2ccccc2Cl)cc1. The first-order valence-corrected chi connectivity index (χ1v) is 13.1. The number of hydrogen-bond donors (Lipinski definition) is 1. The van der Waals surface area contributed by atoms with Crippen molar-refractivity contribution < 1.29 is 17.9 Å². The number of nitrogens with zero attached hydrogens (tertiary/aromatic N) is 1. The Morgan fingerprint density at radius 2 is 1.65 bits per heavy atom. The third kappa shape index (κ3) is 5.72. The molecule has 1 fully saturated rings. The van der Waals surface area contributed by atoms with Crippen LogP contribution in [0.2, 0.25) is 5.02 Å². The molecule has 1 amide bonds. The van der Waals surface area contributed by atoms with Gasteiger partial charge in [-0.2, -0.15) is 0 Å². The van der Waals surface area contributed by atoms with Crippen LogP contribution in [0.1, 0.15) is 31.2 Å². The Balaban J connectivity index is 1.52. The van der Waals surface area contributed by atoms with Crippen LogP contribution in [0, 0.1) is 6.92 Å². The lowest BCUT2D eigenvalue weighted by Gasteiger charge is -2.25. The van der Waals surface area contributed by atoms with Crippen molar-refractivity contribution in [3.63, 3.8) is 0 Å². The van der Waals surface area contributed by atoms with Crippen LogP contribution in [-0.2, 0) is 14.8 Å². The van der Waals surface area contributed by atoms with Gasteiger partial charge >= 0.3 is 0 Å². The highest BCUT2D eigenvalue weighted by atomic mass is 35.5. The fraction of sp³-hybridized carbons (Fsp3) is 0.269. The number of nitrogens with one attached hydrogen (secondary N) is 1. The number of sulfonamides is 1. The van der Waals surface area contributed by atoms with E-state index < -0.39 is 22.5 Å². The molecule has 0 heterocycles. The van der Waals surface area contributed by atoms with E-state index in [0.29, 0.717) is 5.69 Å². The molecule has 1 aliphatic rings. The van der Waals surface area contributed by atoms with Gasteiger partial charge in [-0.1, -0.05) is 41.4 Å². The molecule has 4 rings (SSSR count). The van der Waals surface area contributed by atoms with Gasteiger partial charge in [0.1, 0.15) is 12.3 Å². The molecule has 3 aromatic rings. The predicted octanol–water partition coefficient (Wildman–Crippen LogP) is 5.80. The Bertz CT molecular complexity index is 1240. The van der Waals surface area contributed by atoms with E-state index in [0.717, 1.165) is 28.5 Å². The van der Waals surface area contributed by atoms with Crippen molar-refractivity contribution in [2.75, 3.05) is 16.2 Å². The van der Waals surface area contributed by atoms with E-state index >= 15 is 0 Å². The van der Waals surface area contributed by atoms with E-state index in [2.05, 4.69) is 5.32 Å². The van der Waals surface area contributed by atoms with Crippen molar-refractivity contribution in [3.8, 4) is 5.75 Å². The van der Waals surface area contributed by atoms with Crippen LogP contribution in [-0.4, -0.2) is 27.0 Å². The summed E-state index contributed by atoms with van der Waals surface area (Å²) < 4.78 is 33.9. The number of anilines is 2. The van der Waals surface area contributed by atoms with Crippen LogP contribution in [0.4, 0.5) is 11.4 Å². The zero-order chi connectivity index (χ0) is 24.1. The summed E-state index contributed by atoms with van der Waals surface area (Å²) >= 11 is 6.32. The molecule has 1 N–H and O–H groups in total. The highest BCUT2D eigenvalue weighted by Gasteiger charge is 2.28. The number of halogens is 1. The zero-order valence-electron chi connectivity index (χ0n) is 18.9. The van der Waals surface area contributed by atoms with Gasteiger partial charge in [0.05, 0.1) is 21.7 Å². The molecule has 0 bridgehead atoms. The highest BCUT2D eigenvalue weighted by Crippen LogP contribution is 2.31. The molecule has 0 spiro atoms. The molecular weight excluding hydrogens is 472 g/mol. The lowest BCUT2D eigenvalue weighted by molar-refractivity contribution is -0.114. The largest absolute Gasteiger partial charge is 0.490 e. The average Bonchev–Trinajstić information content (AvgIpc) is 3.33. The Labute approximate surface area is 205 Å².